The van der Waals surface area contributed by atoms with Crippen molar-refractivity contribution in [2.24, 2.45) is 5.92 Å². The van der Waals surface area contributed by atoms with E-state index in [-0.39, 0.29) is 5.41 Å². The van der Waals surface area contributed by atoms with Crippen LogP contribution in [0.1, 0.15) is 73.4 Å². The number of aryl methyl sites for hydroxylation is 2. The van der Waals surface area contributed by atoms with Crippen molar-refractivity contribution in [3.05, 3.63) is 215 Å². The maximum absolute atomic E-state index is 4.33. The molecule has 6 aromatic rings. The lowest BCUT2D eigenvalue weighted by molar-refractivity contribution is 0.594. The van der Waals surface area contributed by atoms with E-state index in [9.17, 15) is 0 Å². The molecule has 0 radical (unpaired) electrons. The van der Waals surface area contributed by atoms with Gasteiger partial charge in [0.15, 0.2) is 0 Å². The molecule has 1 unspecified atom stereocenters. The van der Waals surface area contributed by atoms with E-state index in [4.69, 9.17) is 0 Å². The highest BCUT2D eigenvalue weighted by Gasteiger charge is 2.39. The molecule has 64 heavy (non-hydrogen) atoms. The second-order valence-corrected chi connectivity index (χ2v) is 23.6. The Morgan fingerprint density at radius 1 is 0.734 bits per heavy atom. The fourth-order valence-corrected chi connectivity index (χ4v) is 14.2. The van der Waals surface area contributed by atoms with E-state index in [0.29, 0.717) is 5.92 Å². The zero-order valence-electron chi connectivity index (χ0n) is 38.5. The lowest BCUT2D eigenvalue weighted by Crippen LogP contribution is -2.49. The first kappa shape index (κ1) is 41.6. The number of allylic oxidation sites excluding steroid dienone is 8. The lowest BCUT2D eigenvalue weighted by Gasteiger charge is -2.29. The molecule has 0 bridgehead atoms. The minimum atomic E-state index is -1.89. The molecule has 0 saturated heterocycles. The van der Waals surface area contributed by atoms with Gasteiger partial charge in [-0.25, -0.2) is 0 Å². The fraction of sp³-hybridized carbons (Fsp3) is 0.213. The monoisotopic (exact) mass is 848 g/mol. The van der Waals surface area contributed by atoms with Crippen LogP contribution in [0, 0.1) is 5.92 Å². The topological polar surface area (TPSA) is 6.48 Å². The Balaban J connectivity index is 0.932. The SMILES string of the molecule is C=CC1=C(C=CC)CCc2ccccc2N1c1ccc2c(c1)-c1cc(C=Cc3ccc4c(c3)C(C)(C)c3cc(N(C)c5ccccc5CCC5C=CC=CC5)ccc3-4)ccc1[Si]2(C)C. The molecule has 0 aromatic heterocycles. The van der Waals surface area contributed by atoms with Crippen LogP contribution in [0.3, 0.4) is 0 Å². The molecule has 10 rings (SSSR count). The molecule has 3 heteroatoms. The van der Waals surface area contributed by atoms with Gasteiger partial charge in [-0.3, -0.25) is 0 Å². The molecule has 0 amide bonds. The zero-order chi connectivity index (χ0) is 44.2. The van der Waals surface area contributed by atoms with Crippen LogP contribution in [0.5, 0.6) is 0 Å². The van der Waals surface area contributed by atoms with Gasteiger partial charge in [0.25, 0.3) is 0 Å². The molecule has 2 aliphatic heterocycles. The van der Waals surface area contributed by atoms with Crippen LogP contribution in [0.25, 0.3) is 34.4 Å². The Morgan fingerprint density at radius 2 is 1.44 bits per heavy atom. The van der Waals surface area contributed by atoms with Gasteiger partial charge in [-0.05, 0) is 165 Å². The first-order valence-corrected chi connectivity index (χ1v) is 26.3. The molecule has 0 saturated carbocycles. The number of nitrogens with zero attached hydrogens (tertiary/aromatic N) is 2. The molecular formula is C61H60N2Si. The molecular weight excluding hydrogens is 789 g/mol. The molecule has 2 nitrogen and oxygen atoms in total. The second kappa shape index (κ2) is 16.6. The van der Waals surface area contributed by atoms with Gasteiger partial charge in [0, 0.05) is 40.9 Å². The highest BCUT2D eigenvalue weighted by Crippen LogP contribution is 2.50. The Kier molecular flexibility index (Phi) is 10.8. The smallest absolute Gasteiger partial charge is 0.113 e. The zero-order valence-corrected chi connectivity index (χ0v) is 39.5. The summed E-state index contributed by atoms with van der Waals surface area (Å²) < 4.78 is 0. The molecule has 0 spiro atoms. The van der Waals surface area contributed by atoms with Crippen molar-refractivity contribution in [2.45, 2.75) is 71.4 Å². The fourth-order valence-electron chi connectivity index (χ4n) is 11.1. The Hall–Kier alpha value is -6.42. The maximum atomic E-state index is 4.33. The van der Waals surface area contributed by atoms with Crippen LogP contribution in [-0.2, 0) is 18.3 Å². The Bertz CT molecular complexity index is 2990. The number of rotatable bonds is 10. The third-order valence-electron chi connectivity index (χ3n) is 14.7. The first-order chi connectivity index (χ1) is 31.1. The molecule has 318 valence electrons. The summed E-state index contributed by atoms with van der Waals surface area (Å²) in [5, 5.41) is 3.03. The van der Waals surface area contributed by atoms with Crippen molar-refractivity contribution in [3.63, 3.8) is 0 Å². The average molecular weight is 849 g/mol. The molecule has 0 fully saturated rings. The molecule has 2 heterocycles. The summed E-state index contributed by atoms with van der Waals surface area (Å²) in [5.74, 6) is 0.617. The summed E-state index contributed by atoms with van der Waals surface area (Å²) in [6, 6.07) is 46.4. The van der Waals surface area contributed by atoms with E-state index in [1.807, 2.05) is 6.08 Å². The number of fused-ring (bicyclic) bond motifs is 7. The standard InChI is InChI=1S/C61H60N2Si/c1-8-17-45-30-31-47-21-14-16-23-58(47)63(56(45)9-2)49-33-37-60-53(40-49)52-38-43(28-36-59(52)64(60,6)7)24-25-44-27-34-50-51-35-32-48(41-55(51)61(3,4)54(50)39-44)62(5)57-22-15-13-20-46(57)29-26-42-18-11-10-12-19-42/h8-18,20-25,27-28,32-42H,2,19,26,29-31H2,1,3-7H3. The highest BCUT2D eigenvalue weighted by atomic mass is 28.3. The van der Waals surface area contributed by atoms with Crippen LogP contribution in [-0.4, -0.2) is 15.1 Å². The summed E-state index contributed by atoms with van der Waals surface area (Å²) >= 11 is 0. The average Bonchev–Trinajstić information content (AvgIpc) is 3.60. The predicted octanol–water partition coefficient (Wildman–Crippen LogP) is 14.9. The summed E-state index contributed by atoms with van der Waals surface area (Å²) in [6.45, 7) is 16.2. The normalized spacial score (nSPS) is 17.6. The minimum Gasteiger partial charge on any atom is -0.344 e. The van der Waals surface area contributed by atoms with Crippen molar-refractivity contribution in [3.8, 4) is 22.3 Å². The Labute approximate surface area is 383 Å². The number of para-hydroxylation sites is 2. The molecule has 6 aromatic carbocycles. The number of hydrogen-bond acceptors (Lipinski definition) is 2. The van der Waals surface area contributed by atoms with E-state index in [1.165, 1.54) is 100 Å². The van der Waals surface area contributed by atoms with Crippen molar-refractivity contribution in [1.82, 2.24) is 0 Å². The second-order valence-electron chi connectivity index (χ2n) is 19.3. The molecule has 2 aliphatic carbocycles. The lowest BCUT2D eigenvalue weighted by atomic mass is 9.81. The third kappa shape index (κ3) is 7.21. The van der Waals surface area contributed by atoms with Crippen LogP contribution in [0.2, 0.25) is 13.1 Å². The maximum Gasteiger partial charge on any atom is 0.113 e. The van der Waals surface area contributed by atoms with Gasteiger partial charge >= 0.3 is 0 Å². The quantitative estimate of drug-likeness (QED) is 0.100. The number of hydrogen-bond donors (Lipinski definition) is 0. The minimum absolute atomic E-state index is 0.126. The van der Waals surface area contributed by atoms with E-state index < -0.39 is 8.07 Å². The van der Waals surface area contributed by atoms with E-state index in [1.54, 1.807) is 0 Å². The van der Waals surface area contributed by atoms with E-state index in [0.717, 1.165) is 32.1 Å². The van der Waals surface area contributed by atoms with Gasteiger partial charge in [0.2, 0.25) is 0 Å². The summed E-state index contributed by atoms with van der Waals surface area (Å²) in [6.07, 6.45) is 25.5. The van der Waals surface area contributed by atoms with Crippen molar-refractivity contribution >= 4 is 53.3 Å². The summed E-state index contributed by atoms with van der Waals surface area (Å²) in [7, 11) is 0.336. The van der Waals surface area contributed by atoms with Crippen molar-refractivity contribution in [1.29, 1.82) is 0 Å². The number of benzene rings is 6. The van der Waals surface area contributed by atoms with Gasteiger partial charge in [-0.2, -0.15) is 0 Å². The third-order valence-corrected chi connectivity index (χ3v) is 18.3. The molecule has 4 aliphatic rings. The van der Waals surface area contributed by atoms with E-state index in [2.05, 4.69) is 227 Å². The largest absolute Gasteiger partial charge is 0.344 e. The number of anilines is 4. The highest BCUT2D eigenvalue weighted by molar-refractivity contribution is 7.03. The van der Waals surface area contributed by atoms with E-state index >= 15 is 0 Å². The summed E-state index contributed by atoms with van der Waals surface area (Å²) in [5.41, 5.74) is 20.8. The van der Waals surface area contributed by atoms with Crippen molar-refractivity contribution < 1.29 is 0 Å². The molecule has 1 atom stereocenters. The van der Waals surface area contributed by atoms with Crippen LogP contribution in [0.15, 0.2) is 182 Å². The predicted molar refractivity (Wildman–Crippen MR) is 280 cm³/mol. The van der Waals surface area contributed by atoms with Gasteiger partial charge in [-0.15, -0.1) is 0 Å². The Morgan fingerprint density at radius 3 is 2.22 bits per heavy atom. The van der Waals surface area contributed by atoms with Crippen LogP contribution >= 0.6 is 0 Å². The summed E-state index contributed by atoms with van der Waals surface area (Å²) in [4.78, 5) is 4.84. The van der Waals surface area contributed by atoms with Gasteiger partial charge in [0.05, 0.1) is 0 Å². The van der Waals surface area contributed by atoms with Gasteiger partial charge in [-0.1, -0.05) is 161 Å². The first-order valence-electron chi connectivity index (χ1n) is 23.3. The van der Waals surface area contributed by atoms with Gasteiger partial charge in [0.1, 0.15) is 8.07 Å². The van der Waals surface area contributed by atoms with Gasteiger partial charge < -0.3 is 9.80 Å². The van der Waals surface area contributed by atoms with Crippen LogP contribution in [0.4, 0.5) is 22.7 Å². The van der Waals surface area contributed by atoms with Crippen molar-refractivity contribution in [2.75, 3.05) is 16.8 Å². The van der Waals surface area contributed by atoms with Crippen LogP contribution < -0.4 is 20.2 Å². The molecule has 0 N–H and O–H groups in total.